The lowest BCUT2D eigenvalue weighted by Crippen LogP contribution is -2.46. The van der Waals surface area contributed by atoms with Crippen molar-refractivity contribution in [2.45, 2.75) is 63.4 Å². The Kier molecular flexibility index (Phi) is 8.15. The molecule has 1 amide bonds. The van der Waals surface area contributed by atoms with Crippen molar-refractivity contribution in [1.82, 2.24) is 10.0 Å². The van der Waals surface area contributed by atoms with Crippen molar-refractivity contribution in [3.05, 3.63) is 65.7 Å². The first-order valence-corrected chi connectivity index (χ1v) is 13.1. The number of nitrogens with one attached hydrogen (secondary N) is 2. The van der Waals surface area contributed by atoms with Crippen LogP contribution in [0.15, 0.2) is 59.5 Å². The molecule has 1 aliphatic rings. The van der Waals surface area contributed by atoms with Crippen molar-refractivity contribution in [2.24, 2.45) is 11.3 Å². The standard InChI is InChI=1S/C26H34N2O5S/c1-18-10-16-22(17-11-18)34(31,32)28-21-14-12-20(13-15-21)24(29)27-23(19-8-6-5-7-9-19)26(2,3)25(30)33-4/h5-11,16-17,20-21,23,28H,12-15H2,1-4H3,(H,27,29)/t20?,21?,23-/m0/s1. The first kappa shape index (κ1) is 25.9. The number of methoxy groups -OCH3 is 1. The normalized spacial score (nSPS) is 19.8. The van der Waals surface area contributed by atoms with Crippen LogP contribution < -0.4 is 10.0 Å². The van der Waals surface area contributed by atoms with E-state index in [2.05, 4.69) is 10.0 Å². The monoisotopic (exact) mass is 486 g/mol. The number of rotatable bonds is 8. The molecule has 0 saturated heterocycles. The van der Waals surface area contributed by atoms with Crippen LogP contribution in [-0.2, 0) is 24.3 Å². The Morgan fingerprint density at radius 2 is 1.56 bits per heavy atom. The lowest BCUT2D eigenvalue weighted by atomic mass is 9.79. The molecule has 0 aliphatic heterocycles. The predicted molar refractivity (Wildman–Crippen MR) is 130 cm³/mol. The maximum atomic E-state index is 13.2. The van der Waals surface area contributed by atoms with Crippen LogP contribution in [0, 0.1) is 18.3 Å². The average Bonchev–Trinajstić information content (AvgIpc) is 2.82. The highest BCUT2D eigenvalue weighted by atomic mass is 32.2. The van der Waals surface area contributed by atoms with E-state index < -0.39 is 27.4 Å². The number of hydrogen-bond donors (Lipinski definition) is 2. The highest BCUT2D eigenvalue weighted by molar-refractivity contribution is 7.89. The van der Waals surface area contributed by atoms with Crippen molar-refractivity contribution < 1.29 is 22.7 Å². The van der Waals surface area contributed by atoms with Gasteiger partial charge in [-0.2, -0.15) is 0 Å². The SMILES string of the molecule is COC(=O)C(C)(C)[C@@H](NC(=O)C1CCC(NS(=O)(=O)c2ccc(C)cc2)CC1)c1ccccc1. The van der Waals surface area contributed by atoms with E-state index >= 15 is 0 Å². The first-order valence-electron chi connectivity index (χ1n) is 11.6. The van der Waals surface area contributed by atoms with Gasteiger partial charge in [-0.15, -0.1) is 0 Å². The van der Waals surface area contributed by atoms with E-state index in [9.17, 15) is 18.0 Å². The number of hydrogen-bond acceptors (Lipinski definition) is 5. The third kappa shape index (κ3) is 6.04. The summed E-state index contributed by atoms with van der Waals surface area (Å²) in [5.74, 6) is -0.790. The molecule has 0 unspecified atom stereocenters. The highest BCUT2D eigenvalue weighted by Gasteiger charge is 2.41. The van der Waals surface area contributed by atoms with Gasteiger partial charge in [0.15, 0.2) is 0 Å². The minimum absolute atomic E-state index is 0.134. The number of benzene rings is 2. The molecule has 2 N–H and O–H groups in total. The number of carbonyl (C=O) groups is 2. The van der Waals surface area contributed by atoms with E-state index in [0.717, 1.165) is 11.1 Å². The second kappa shape index (κ2) is 10.7. The molecule has 1 saturated carbocycles. The molecule has 1 atom stereocenters. The Morgan fingerprint density at radius 1 is 0.971 bits per heavy atom. The fourth-order valence-corrected chi connectivity index (χ4v) is 5.75. The van der Waals surface area contributed by atoms with E-state index in [1.165, 1.54) is 7.11 Å². The van der Waals surface area contributed by atoms with Gasteiger partial charge in [-0.1, -0.05) is 48.0 Å². The minimum Gasteiger partial charge on any atom is -0.469 e. The summed E-state index contributed by atoms with van der Waals surface area (Å²) in [6.07, 6.45) is 2.26. The molecule has 0 spiro atoms. The van der Waals surface area contributed by atoms with Gasteiger partial charge in [0.25, 0.3) is 0 Å². The Bertz CT molecular complexity index is 1090. The summed E-state index contributed by atoms with van der Waals surface area (Å²) in [6.45, 7) is 5.42. The summed E-state index contributed by atoms with van der Waals surface area (Å²) in [4.78, 5) is 25.9. The van der Waals surface area contributed by atoms with Gasteiger partial charge in [0.1, 0.15) is 0 Å². The van der Waals surface area contributed by atoms with Crippen LogP contribution >= 0.6 is 0 Å². The van der Waals surface area contributed by atoms with Gasteiger partial charge in [0.2, 0.25) is 15.9 Å². The van der Waals surface area contributed by atoms with Crippen molar-refractivity contribution in [1.29, 1.82) is 0 Å². The molecule has 1 fully saturated rings. The molecule has 0 bridgehead atoms. The number of esters is 1. The Labute approximate surface area is 202 Å². The van der Waals surface area contributed by atoms with Crippen LogP contribution in [-0.4, -0.2) is 33.4 Å². The van der Waals surface area contributed by atoms with Crippen LogP contribution in [0.5, 0.6) is 0 Å². The molecule has 2 aromatic rings. The van der Waals surface area contributed by atoms with E-state index in [4.69, 9.17) is 4.74 Å². The molecule has 0 heterocycles. The predicted octanol–water partition coefficient (Wildman–Crippen LogP) is 3.89. The summed E-state index contributed by atoms with van der Waals surface area (Å²) in [7, 11) is -2.26. The van der Waals surface area contributed by atoms with Crippen LogP contribution in [0.4, 0.5) is 0 Å². The zero-order chi connectivity index (χ0) is 24.9. The molecular formula is C26H34N2O5S. The molecule has 3 rings (SSSR count). The summed E-state index contributed by atoms with van der Waals surface area (Å²) < 4.78 is 33.2. The van der Waals surface area contributed by atoms with E-state index in [0.29, 0.717) is 25.7 Å². The first-order chi connectivity index (χ1) is 16.0. The van der Waals surface area contributed by atoms with Crippen LogP contribution in [0.25, 0.3) is 0 Å². The maximum absolute atomic E-state index is 13.2. The van der Waals surface area contributed by atoms with Crippen LogP contribution in [0.3, 0.4) is 0 Å². The number of amides is 1. The maximum Gasteiger partial charge on any atom is 0.313 e. The highest BCUT2D eigenvalue weighted by Crippen LogP contribution is 2.36. The molecule has 0 aromatic heterocycles. The van der Waals surface area contributed by atoms with E-state index in [1.807, 2.05) is 37.3 Å². The van der Waals surface area contributed by atoms with Crippen molar-refractivity contribution in [2.75, 3.05) is 7.11 Å². The summed E-state index contributed by atoms with van der Waals surface area (Å²) >= 11 is 0. The second-order valence-electron chi connectivity index (χ2n) is 9.55. The third-order valence-electron chi connectivity index (χ3n) is 6.60. The van der Waals surface area contributed by atoms with Crippen molar-refractivity contribution in [3.63, 3.8) is 0 Å². The average molecular weight is 487 g/mol. The lowest BCUT2D eigenvalue weighted by Gasteiger charge is -2.35. The number of aryl methyl sites for hydroxylation is 1. The van der Waals surface area contributed by atoms with Gasteiger partial charge in [-0.05, 0) is 64.2 Å². The Balaban J connectivity index is 1.64. The smallest absolute Gasteiger partial charge is 0.313 e. The van der Waals surface area contributed by atoms with Gasteiger partial charge in [0.05, 0.1) is 23.5 Å². The Morgan fingerprint density at radius 3 is 2.12 bits per heavy atom. The van der Waals surface area contributed by atoms with Gasteiger partial charge in [-0.25, -0.2) is 13.1 Å². The lowest BCUT2D eigenvalue weighted by molar-refractivity contribution is -0.153. The summed E-state index contributed by atoms with van der Waals surface area (Å²) in [6, 6.07) is 15.4. The molecule has 1 aliphatic carbocycles. The van der Waals surface area contributed by atoms with Gasteiger partial charge >= 0.3 is 5.97 Å². The van der Waals surface area contributed by atoms with Crippen LogP contribution in [0.2, 0.25) is 0 Å². The van der Waals surface area contributed by atoms with E-state index in [1.54, 1.807) is 38.1 Å². The van der Waals surface area contributed by atoms with Gasteiger partial charge in [0, 0.05) is 12.0 Å². The summed E-state index contributed by atoms with van der Waals surface area (Å²) in [5, 5.41) is 3.07. The van der Waals surface area contributed by atoms with E-state index in [-0.39, 0.29) is 22.8 Å². The second-order valence-corrected chi connectivity index (χ2v) is 11.3. The molecular weight excluding hydrogens is 452 g/mol. The quantitative estimate of drug-likeness (QED) is 0.551. The number of sulfonamides is 1. The molecule has 2 aromatic carbocycles. The fraction of sp³-hybridized carbons (Fsp3) is 0.462. The summed E-state index contributed by atoms with van der Waals surface area (Å²) in [5.41, 5.74) is 0.854. The topological polar surface area (TPSA) is 102 Å². The minimum atomic E-state index is -3.60. The zero-order valence-electron chi connectivity index (χ0n) is 20.2. The third-order valence-corrected chi connectivity index (χ3v) is 8.14. The number of ether oxygens (including phenoxy) is 1. The van der Waals surface area contributed by atoms with Gasteiger partial charge < -0.3 is 10.1 Å². The molecule has 7 nitrogen and oxygen atoms in total. The van der Waals surface area contributed by atoms with Crippen molar-refractivity contribution in [3.8, 4) is 0 Å². The molecule has 0 radical (unpaired) electrons. The fourth-order valence-electron chi connectivity index (χ4n) is 4.45. The van der Waals surface area contributed by atoms with Gasteiger partial charge in [-0.3, -0.25) is 9.59 Å². The Hall–Kier alpha value is -2.71. The molecule has 8 heteroatoms. The van der Waals surface area contributed by atoms with Crippen LogP contribution in [0.1, 0.15) is 56.7 Å². The largest absolute Gasteiger partial charge is 0.469 e. The molecule has 184 valence electrons. The molecule has 34 heavy (non-hydrogen) atoms. The van der Waals surface area contributed by atoms with Crippen molar-refractivity contribution >= 4 is 21.9 Å². The number of carbonyl (C=O) groups excluding carboxylic acids is 2. The zero-order valence-corrected chi connectivity index (χ0v) is 21.0.